The summed E-state index contributed by atoms with van der Waals surface area (Å²) in [6.45, 7) is 23.1. The van der Waals surface area contributed by atoms with Gasteiger partial charge < -0.3 is 9.71 Å². The van der Waals surface area contributed by atoms with Crippen LogP contribution in [-0.2, 0) is 16.2 Å². The summed E-state index contributed by atoms with van der Waals surface area (Å²) in [5.41, 5.74) is 19.3. The van der Waals surface area contributed by atoms with Crippen LogP contribution in [0.4, 0.5) is 28.4 Å². The van der Waals surface area contributed by atoms with Crippen molar-refractivity contribution >= 4 is 77.7 Å². The van der Waals surface area contributed by atoms with E-state index in [-0.39, 0.29) is 23.1 Å². The zero-order chi connectivity index (χ0) is 41.2. The molecule has 2 aliphatic rings. The summed E-state index contributed by atoms with van der Waals surface area (Å²) in [5.74, 6) is 0. The number of nitrogens with zero attached hydrogens (tertiary/aromatic N) is 2. The van der Waals surface area contributed by atoms with E-state index in [0.717, 1.165) is 0 Å². The first-order chi connectivity index (χ1) is 28.1. The zero-order valence-electron chi connectivity index (χ0n) is 36.2. The van der Waals surface area contributed by atoms with Gasteiger partial charge in [-0.1, -0.05) is 147 Å². The summed E-state index contributed by atoms with van der Waals surface area (Å²) < 4.78 is 2.68. The highest BCUT2D eigenvalue weighted by molar-refractivity contribution is 7.27. The Morgan fingerprint density at radius 3 is 1.73 bits per heavy atom. The molecule has 4 heteroatoms. The molecule has 3 heterocycles. The van der Waals surface area contributed by atoms with Gasteiger partial charge in [-0.15, -0.1) is 11.3 Å². The van der Waals surface area contributed by atoms with Crippen LogP contribution >= 0.6 is 11.3 Å². The highest BCUT2D eigenvalue weighted by atomic mass is 32.1. The lowest BCUT2D eigenvalue weighted by Crippen LogP contribution is -2.61. The summed E-state index contributed by atoms with van der Waals surface area (Å²) >= 11 is 1.94. The van der Waals surface area contributed by atoms with Crippen LogP contribution in [0, 0.1) is 6.92 Å². The third-order valence-corrected chi connectivity index (χ3v) is 14.0. The van der Waals surface area contributed by atoms with Gasteiger partial charge in [0.15, 0.2) is 0 Å². The SMILES string of the molecule is Cc1cc2c3c(c1)N(c1ccc(C(C)(C)C)cc1-c1ccccc1)c1ccc4c(sc5ccccc54)c1B3N(c1ccc(C(C)(C)C)cc1)c1ccc(C(C)(C)C)cc1-2. The van der Waals surface area contributed by atoms with Crippen LogP contribution in [-0.4, -0.2) is 6.85 Å². The van der Waals surface area contributed by atoms with E-state index in [1.54, 1.807) is 0 Å². The predicted molar refractivity (Wildman–Crippen MR) is 259 cm³/mol. The van der Waals surface area contributed by atoms with Crippen molar-refractivity contribution in [3.05, 3.63) is 162 Å². The molecule has 10 rings (SSSR count). The maximum absolute atomic E-state index is 2.68. The van der Waals surface area contributed by atoms with E-state index in [2.05, 4.69) is 218 Å². The van der Waals surface area contributed by atoms with Gasteiger partial charge in [-0.3, -0.25) is 0 Å². The fraction of sp³-hybridized carbons (Fsp3) is 0.236. The van der Waals surface area contributed by atoms with E-state index >= 15 is 0 Å². The van der Waals surface area contributed by atoms with Gasteiger partial charge in [0, 0.05) is 54.0 Å². The molecule has 1 aromatic heterocycles. The number of benzene rings is 7. The Morgan fingerprint density at radius 2 is 1.05 bits per heavy atom. The van der Waals surface area contributed by atoms with Crippen LogP contribution in [0.2, 0.25) is 0 Å². The first-order valence-electron chi connectivity index (χ1n) is 21.2. The Balaban J connectivity index is 1.36. The van der Waals surface area contributed by atoms with E-state index in [1.807, 2.05) is 11.3 Å². The summed E-state index contributed by atoms with van der Waals surface area (Å²) in [6, 6.07) is 53.6. The Kier molecular flexibility index (Phi) is 8.44. The molecule has 292 valence electrons. The van der Waals surface area contributed by atoms with E-state index < -0.39 is 0 Å². The Hall–Kier alpha value is -5.58. The zero-order valence-corrected chi connectivity index (χ0v) is 37.0. The molecule has 0 saturated heterocycles. The van der Waals surface area contributed by atoms with Crippen molar-refractivity contribution in [2.75, 3.05) is 9.71 Å². The molecule has 0 aliphatic carbocycles. The van der Waals surface area contributed by atoms with Crippen molar-refractivity contribution in [1.82, 2.24) is 0 Å². The molecule has 59 heavy (non-hydrogen) atoms. The second-order valence-corrected chi connectivity index (χ2v) is 21.0. The Morgan fingerprint density at radius 1 is 0.458 bits per heavy atom. The second kappa shape index (κ2) is 13.2. The number of aryl methyl sites for hydroxylation is 1. The first kappa shape index (κ1) is 37.7. The number of rotatable bonds is 3. The maximum Gasteiger partial charge on any atom is 0.334 e. The molecule has 0 radical (unpaired) electrons. The van der Waals surface area contributed by atoms with E-state index in [4.69, 9.17) is 0 Å². The largest absolute Gasteiger partial charge is 0.376 e. The van der Waals surface area contributed by atoms with Crippen molar-refractivity contribution < 1.29 is 0 Å². The third-order valence-electron chi connectivity index (χ3n) is 12.8. The van der Waals surface area contributed by atoms with Crippen LogP contribution in [0.1, 0.15) is 84.6 Å². The van der Waals surface area contributed by atoms with Crippen LogP contribution in [0.3, 0.4) is 0 Å². The summed E-state index contributed by atoms with van der Waals surface area (Å²) in [6.07, 6.45) is 0. The lowest BCUT2D eigenvalue weighted by atomic mass is 9.43. The molecule has 8 aromatic rings. The molecule has 0 atom stereocenters. The maximum atomic E-state index is 2.68. The van der Waals surface area contributed by atoms with Gasteiger partial charge in [0.05, 0.1) is 5.69 Å². The fourth-order valence-electron chi connectivity index (χ4n) is 9.55. The Bertz CT molecular complexity index is 2950. The highest BCUT2D eigenvalue weighted by Crippen LogP contribution is 2.51. The highest BCUT2D eigenvalue weighted by Gasteiger charge is 2.47. The van der Waals surface area contributed by atoms with Gasteiger partial charge in [-0.25, -0.2) is 0 Å². The third kappa shape index (κ3) is 6.05. The molecule has 0 unspecified atom stereocenters. The molecule has 2 nitrogen and oxygen atoms in total. The molecule has 2 aliphatic heterocycles. The van der Waals surface area contributed by atoms with E-state index in [1.165, 1.54) is 104 Å². The monoisotopic (exact) mass is 784 g/mol. The fourth-order valence-corrected chi connectivity index (χ4v) is 10.8. The first-order valence-corrected chi connectivity index (χ1v) is 22.0. The molecule has 7 aromatic carbocycles. The molecule has 0 bridgehead atoms. The van der Waals surface area contributed by atoms with Crippen LogP contribution in [0.5, 0.6) is 0 Å². The van der Waals surface area contributed by atoms with Crippen molar-refractivity contribution in [2.45, 2.75) is 85.5 Å². The van der Waals surface area contributed by atoms with Crippen LogP contribution in [0.25, 0.3) is 42.4 Å². The minimum atomic E-state index is -0.0638. The van der Waals surface area contributed by atoms with Crippen LogP contribution < -0.4 is 20.6 Å². The van der Waals surface area contributed by atoms with Crippen molar-refractivity contribution in [1.29, 1.82) is 0 Å². The lowest BCUT2D eigenvalue weighted by molar-refractivity contribution is 0.590. The van der Waals surface area contributed by atoms with E-state index in [9.17, 15) is 0 Å². The van der Waals surface area contributed by atoms with Gasteiger partial charge in [0.2, 0.25) is 0 Å². The van der Waals surface area contributed by atoms with Gasteiger partial charge in [0.25, 0.3) is 0 Å². The summed E-state index contributed by atoms with van der Waals surface area (Å²) in [7, 11) is 0. The smallest absolute Gasteiger partial charge is 0.334 e. The normalized spacial score (nSPS) is 13.8. The molecule has 0 spiro atoms. The number of anilines is 5. The van der Waals surface area contributed by atoms with Crippen molar-refractivity contribution in [3.63, 3.8) is 0 Å². The average molecular weight is 785 g/mol. The predicted octanol–water partition coefficient (Wildman–Crippen LogP) is 14.6. The number of thiophene rings is 1. The molecule has 0 saturated carbocycles. The average Bonchev–Trinajstić information content (AvgIpc) is 3.59. The van der Waals surface area contributed by atoms with Crippen molar-refractivity contribution in [3.8, 4) is 22.3 Å². The minimum absolute atomic E-state index is 0.00376. The Labute approximate surface area is 355 Å². The quantitative estimate of drug-likeness (QED) is 0.165. The second-order valence-electron chi connectivity index (χ2n) is 20.0. The molecule has 0 amide bonds. The summed E-state index contributed by atoms with van der Waals surface area (Å²) in [5, 5.41) is 2.65. The van der Waals surface area contributed by atoms with Gasteiger partial charge >= 0.3 is 6.85 Å². The van der Waals surface area contributed by atoms with Crippen molar-refractivity contribution in [2.24, 2.45) is 0 Å². The van der Waals surface area contributed by atoms with Gasteiger partial charge in [-0.05, 0) is 122 Å². The molecule has 0 N–H and O–H groups in total. The summed E-state index contributed by atoms with van der Waals surface area (Å²) in [4.78, 5) is 5.30. The molecular weight excluding hydrogens is 731 g/mol. The van der Waals surface area contributed by atoms with E-state index in [0.29, 0.717) is 0 Å². The lowest BCUT2D eigenvalue weighted by Gasteiger charge is -2.46. The molecular formula is C55H53BN2S. The topological polar surface area (TPSA) is 6.48 Å². The van der Waals surface area contributed by atoms with Gasteiger partial charge in [-0.2, -0.15) is 0 Å². The number of hydrogen-bond donors (Lipinski definition) is 0. The molecule has 0 fully saturated rings. The number of hydrogen-bond acceptors (Lipinski definition) is 3. The van der Waals surface area contributed by atoms with Crippen LogP contribution in [0.15, 0.2) is 140 Å². The number of fused-ring (bicyclic) bond motifs is 8. The standard InChI is InChI=1S/C55H53BN2S/c1-34-30-44-43-33-38(55(8,9)10)23-28-46(43)58(39-24-20-36(21-25-39)53(2,3)4)56-50(44)48(31-34)57(47-29-26-41-40-18-14-15-19-49(40)59-52(41)51(47)56)45-27-22-37(54(5,6)7)32-42(45)35-16-12-11-13-17-35/h11-33H,1-10H3. The minimum Gasteiger partial charge on any atom is -0.376 e. The van der Waals surface area contributed by atoms with Gasteiger partial charge in [0.1, 0.15) is 0 Å².